The number of fused-ring (bicyclic) bond motifs is 6. The highest BCUT2D eigenvalue weighted by atomic mass is 16.3. The molecule has 2 aromatic heterocycles. The Morgan fingerprint density at radius 2 is 0.942 bits per heavy atom. The molecule has 0 spiro atoms. The molecule has 11 rings (SSSR count). The Labute approximate surface area is 300 Å². The van der Waals surface area contributed by atoms with Gasteiger partial charge >= 0.3 is 0 Å². The minimum atomic E-state index is 0.0500. The van der Waals surface area contributed by atoms with Crippen molar-refractivity contribution >= 4 is 76.2 Å². The van der Waals surface area contributed by atoms with Gasteiger partial charge < -0.3 is 8.83 Å². The Morgan fingerprint density at radius 1 is 0.365 bits per heavy atom. The summed E-state index contributed by atoms with van der Waals surface area (Å²) in [4.78, 5) is 0. The number of rotatable bonds is 3. The predicted octanol–water partition coefficient (Wildman–Crippen LogP) is 14.7. The second-order valence-corrected chi connectivity index (χ2v) is 15.3. The summed E-state index contributed by atoms with van der Waals surface area (Å²) in [6, 6.07) is 55.2. The van der Waals surface area contributed by atoms with Crippen molar-refractivity contribution in [3.63, 3.8) is 0 Å². The summed E-state index contributed by atoms with van der Waals surface area (Å²) in [5.74, 6) is 0. The van der Waals surface area contributed by atoms with Crippen LogP contribution in [0.2, 0.25) is 0 Å². The molecule has 2 heterocycles. The van der Waals surface area contributed by atoms with Gasteiger partial charge in [0, 0.05) is 27.1 Å². The van der Waals surface area contributed by atoms with E-state index in [1.807, 2.05) is 18.2 Å². The molecule has 246 valence electrons. The Hall–Kier alpha value is -6.38. The van der Waals surface area contributed by atoms with Crippen molar-refractivity contribution in [1.29, 1.82) is 0 Å². The molecule has 9 aromatic carbocycles. The zero-order valence-corrected chi connectivity index (χ0v) is 29.3. The van der Waals surface area contributed by atoms with E-state index in [2.05, 4.69) is 154 Å². The van der Waals surface area contributed by atoms with Gasteiger partial charge in [0.25, 0.3) is 0 Å². The Balaban J connectivity index is 1.15. The van der Waals surface area contributed by atoms with Gasteiger partial charge in [0.05, 0.1) is 0 Å². The third-order valence-electron chi connectivity index (χ3n) is 11.2. The third kappa shape index (κ3) is 4.25. The maximum absolute atomic E-state index is 6.63. The van der Waals surface area contributed by atoms with Crippen LogP contribution in [0.25, 0.3) is 110 Å². The monoisotopic (exact) mass is 666 g/mol. The lowest BCUT2D eigenvalue weighted by Crippen LogP contribution is -2.10. The highest BCUT2D eigenvalue weighted by Gasteiger charge is 2.22. The average Bonchev–Trinajstić information content (AvgIpc) is 3.74. The SMILES string of the molecule is CC(C)(C)c1cc2ccc3c(-c4ccc(-c5ccc6c(c5)oc5ccccc56)cc4)cc(-c4cccc5c4oc4ccccc45)c4ccc(c1)c2c34. The molecule has 0 radical (unpaired) electrons. The maximum Gasteiger partial charge on any atom is 0.143 e. The number of para-hydroxylation sites is 3. The molecule has 52 heavy (non-hydrogen) atoms. The van der Waals surface area contributed by atoms with Crippen molar-refractivity contribution in [2.75, 3.05) is 0 Å². The number of hydrogen-bond donors (Lipinski definition) is 0. The molecule has 0 fully saturated rings. The summed E-state index contributed by atoms with van der Waals surface area (Å²) in [5.41, 5.74) is 12.0. The van der Waals surface area contributed by atoms with Gasteiger partial charge in [0.1, 0.15) is 22.3 Å². The fraction of sp³-hybridized carbons (Fsp3) is 0.0800. The summed E-state index contributed by atoms with van der Waals surface area (Å²) in [5, 5.41) is 12.3. The van der Waals surface area contributed by atoms with E-state index in [-0.39, 0.29) is 5.41 Å². The first-order chi connectivity index (χ1) is 25.4. The van der Waals surface area contributed by atoms with Gasteiger partial charge in [-0.1, -0.05) is 142 Å². The maximum atomic E-state index is 6.63. The molecule has 0 N–H and O–H groups in total. The van der Waals surface area contributed by atoms with Crippen LogP contribution >= 0.6 is 0 Å². The Kier molecular flexibility index (Phi) is 5.97. The fourth-order valence-electron chi connectivity index (χ4n) is 8.52. The van der Waals surface area contributed by atoms with E-state index in [0.29, 0.717) is 0 Å². The molecular formula is C50H34O2. The van der Waals surface area contributed by atoms with Crippen molar-refractivity contribution < 1.29 is 8.83 Å². The lowest BCUT2D eigenvalue weighted by Gasteiger charge is -2.23. The molecule has 0 aliphatic rings. The van der Waals surface area contributed by atoms with Crippen LogP contribution in [0.15, 0.2) is 160 Å². The summed E-state index contributed by atoms with van der Waals surface area (Å²) in [6.07, 6.45) is 0. The Morgan fingerprint density at radius 3 is 1.67 bits per heavy atom. The van der Waals surface area contributed by atoms with Crippen LogP contribution in [0.5, 0.6) is 0 Å². The van der Waals surface area contributed by atoms with E-state index in [4.69, 9.17) is 8.83 Å². The average molecular weight is 667 g/mol. The first-order valence-corrected chi connectivity index (χ1v) is 18.1. The van der Waals surface area contributed by atoms with Crippen molar-refractivity contribution in [2.45, 2.75) is 26.2 Å². The van der Waals surface area contributed by atoms with Gasteiger partial charge in [-0.15, -0.1) is 0 Å². The van der Waals surface area contributed by atoms with Crippen LogP contribution in [0.4, 0.5) is 0 Å². The molecular weight excluding hydrogens is 633 g/mol. The standard InChI is InChI=1S/C50H34O2/c1-50(2,3)34-25-32-20-23-38-42(30-17-15-29(16-18-30)31-19-22-37-35-9-4-6-13-44(35)51-46(37)27-31)28-43(39-24-21-33(26-34)47(32)48(38)39)41-12-8-11-40-36-10-5-7-14-45(36)52-49(40)41/h4-28H,1-3H3. The molecule has 11 aromatic rings. The van der Waals surface area contributed by atoms with Crippen LogP contribution in [-0.4, -0.2) is 0 Å². The first kappa shape index (κ1) is 29.4. The molecule has 0 aliphatic carbocycles. The molecule has 0 bridgehead atoms. The van der Waals surface area contributed by atoms with Crippen molar-refractivity contribution in [1.82, 2.24) is 0 Å². The minimum absolute atomic E-state index is 0.0500. The van der Waals surface area contributed by atoms with Gasteiger partial charge in [-0.25, -0.2) is 0 Å². The molecule has 0 saturated carbocycles. The van der Waals surface area contributed by atoms with E-state index in [1.165, 1.54) is 54.6 Å². The molecule has 2 nitrogen and oxygen atoms in total. The largest absolute Gasteiger partial charge is 0.456 e. The number of hydrogen-bond acceptors (Lipinski definition) is 2. The van der Waals surface area contributed by atoms with Crippen LogP contribution in [0.3, 0.4) is 0 Å². The third-order valence-corrected chi connectivity index (χ3v) is 11.2. The molecule has 0 aliphatic heterocycles. The molecule has 0 atom stereocenters. The number of furan rings is 2. The zero-order valence-electron chi connectivity index (χ0n) is 29.3. The lowest BCUT2D eigenvalue weighted by atomic mass is 9.81. The van der Waals surface area contributed by atoms with Gasteiger partial charge in [-0.05, 0) is 101 Å². The van der Waals surface area contributed by atoms with E-state index in [0.717, 1.165) is 60.6 Å². The normalized spacial score (nSPS) is 12.5. The first-order valence-electron chi connectivity index (χ1n) is 18.1. The molecule has 0 saturated heterocycles. The van der Waals surface area contributed by atoms with Crippen molar-refractivity contribution in [3.8, 4) is 33.4 Å². The van der Waals surface area contributed by atoms with Crippen LogP contribution < -0.4 is 0 Å². The smallest absolute Gasteiger partial charge is 0.143 e. The van der Waals surface area contributed by atoms with E-state index in [1.54, 1.807) is 0 Å². The van der Waals surface area contributed by atoms with Crippen LogP contribution in [-0.2, 0) is 5.41 Å². The number of benzene rings is 9. The van der Waals surface area contributed by atoms with Crippen molar-refractivity contribution in [2.24, 2.45) is 0 Å². The van der Waals surface area contributed by atoms with Crippen molar-refractivity contribution in [3.05, 3.63) is 157 Å². The van der Waals surface area contributed by atoms with Crippen LogP contribution in [0.1, 0.15) is 26.3 Å². The zero-order chi connectivity index (χ0) is 34.7. The predicted molar refractivity (Wildman–Crippen MR) is 220 cm³/mol. The molecule has 0 amide bonds. The lowest BCUT2D eigenvalue weighted by molar-refractivity contribution is 0.591. The van der Waals surface area contributed by atoms with E-state index < -0.39 is 0 Å². The highest BCUT2D eigenvalue weighted by Crippen LogP contribution is 2.47. The summed E-state index contributed by atoms with van der Waals surface area (Å²) in [7, 11) is 0. The quantitative estimate of drug-likeness (QED) is 0.175. The van der Waals surface area contributed by atoms with Crippen LogP contribution in [0, 0.1) is 0 Å². The van der Waals surface area contributed by atoms with E-state index in [9.17, 15) is 0 Å². The summed E-state index contributed by atoms with van der Waals surface area (Å²) in [6.45, 7) is 6.88. The van der Waals surface area contributed by atoms with E-state index >= 15 is 0 Å². The minimum Gasteiger partial charge on any atom is -0.456 e. The van der Waals surface area contributed by atoms with Gasteiger partial charge in [-0.2, -0.15) is 0 Å². The fourth-order valence-corrected chi connectivity index (χ4v) is 8.52. The highest BCUT2D eigenvalue weighted by molar-refractivity contribution is 6.29. The molecule has 2 heteroatoms. The molecule has 0 unspecified atom stereocenters. The Bertz CT molecular complexity index is 3180. The second-order valence-electron chi connectivity index (χ2n) is 15.3. The summed E-state index contributed by atoms with van der Waals surface area (Å²) < 4.78 is 12.9. The van der Waals surface area contributed by atoms with Gasteiger partial charge in [0.2, 0.25) is 0 Å². The summed E-state index contributed by atoms with van der Waals surface area (Å²) >= 11 is 0. The van der Waals surface area contributed by atoms with Gasteiger partial charge in [-0.3, -0.25) is 0 Å². The topological polar surface area (TPSA) is 26.3 Å². The second kappa shape index (κ2) is 10.6. The van der Waals surface area contributed by atoms with Gasteiger partial charge in [0.15, 0.2) is 0 Å².